The number of aromatic nitrogens is 1. The molecule has 0 bridgehead atoms. The topological polar surface area (TPSA) is 88.6 Å². The van der Waals surface area contributed by atoms with E-state index >= 15 is 0 Å². The van der Waals surface area contributed by atoms with Crippen LogP contribution in [0.4, 0.5) is 0 Å². The zero-order valence-electron chi connectivity index (χ0n) is 12.8. The van der Waals surface area contributed by atoms with Crippen LogP contribution in [0.25, 0.3) is 0 Å². The average molecular weight is 367 g/mol. The summed E-state index contributed by atoms with van der Waals surface area (Å²) in [6.07, 6.45) is 3.21. The average Bonchev–Trinajstić information content (AvgIpc) is 3.12. The summed E-state index contributed by atoms with van der Waals surface area (Å²) in [7, 11) is -3.78. The minimum absolute atomic E-state index is 0.0212. The number of nitrogens with one attached hydrogen (secondary N) is 1. The van der Waals surface area contributed by atoms with E-state index in [2.05, 4.69) is 9.71 Å². The second-order valence-electron chi connectivity index (χ2n) is 5.20. The lowest BCUT2D eigenvalue weighted by molar-refractivity contribution is 0.0304. The molecular formula is C15H17N3O4S2. The quantitative estimate of drug-likeness (QED) is 0.855. The van der Waals surface area contributed by atoms with Gasteiger partial charge in [0.2, 0.25) is 10.0 Å². The Morgan fingerprint density at radius 1 is 1.33 bits per heavy atom. The van der Waals surface area contributed by atoms with Gasteiger partial charge in [0.15, 0.2) is 0 Å². The maximum absolute atomic E-state index is 12.6. The first-order valence-corrected chi connectivity index (χ1v) is 9.77. The van der Waals surface area contributed by atoms with Gasteiger partial charge in [-0.2, -0.15) is 0 Å². The van der Waals surface area contributed by atoms with Crippen LogP contribution >= 0.6 is 11.3 Å². The fourth-order valence-corrected chi connectivity index (χ4v) is 4.74. The van der Waals surface area contributed by atoms with E-state index in [-0.39, 0.29) is 22.2 Å². The summed E-state index contributed by atoms with van der Waals surface area (Å²) in [5.41, 5.74) is 0.748. The summed E-state index contributed by atoms with van der Waals surface area (Å²) in [6.45, 7) is 2.01. The van der Waals surface area contributed by atoms with Crippen LogP contribution in [0.5, 0.6) is 0 Å². The van der Waals surface area contributed by atoms with E-state index in [1.807, 2.05) is 0 Å². The van der Waals surface area contributed by atoms with E-state index < -0.39 is 10.0 Å². The molecule has 0 radical (unpaired) electrons. The predicted octanol–water partition coefficient (Wildman–Crippen LogP) is 1.09. The number of ether oxygens (including phenoxy) is 1. The van der Waals surface area contributed by atoms with Gasteiger partial charge in [-0.1, -0.05) is 6.07 Å². The van der Waals surface area contributed by atoms with Crippen molar-refractivity contribution in [3.63, 3.8) is 0 Å². The van der Waals surface area contributed by atoms with Crippen LogP contribution < -0.4 is 4.72 Å². The Morgan fingerprint density at radius 2 is 2.12 bits per heavy atom. The molecule has 128 valence electrons. The molecule has 3 heterocycles. The van der Waals surface area contributed by atoms with E-state index in [1.165, 1.54) is 6.07 Å². The SMILES string of the molecule is O=C(c1sccc1S(=O)(=O)NCc1cccnc1)N1CCOCC1. The molecular weight excluding hydrogens is 350 g/mol. The molecule has 1 fully saturated rings. The lowest BCUT2D eigenvalue weighted by atomic mass is 10.3. The molecule has 24 heavy (non-hydrogen) atoms. The third kappa shape index (κ3) is 3.81. The highest BCUT2D eigenvalue weighted by Crippen LogP contribution is 2.24. The Morgan fingerprint density at radius 3 is 2.83 bits per heavy atom. The molecule has 0 aliphatic carbocycles. The molecule has 0 atom stereocenters. The fraction of sp³-hybridized carbons (Fsp3) is 0.333. The number of thiophene rings is 1. The van der Waals surface area contributed by atoms with Crippen molar-refractivity contribution in [3.05, 3.63) is 46.4 Å². The third-order valence-corrected chi connectivity index (χ3v) is 6.08. The van der Waals surface area contributed by atoms with Crippen molar-refractivity contribution < 1.29 is 17.9 Å². The normalized spacial score (nSPS) is 15.4. The largest absolute Gasteiger partial charge is 0.378 e. The summed E-state index contributed by atoms with van der Waals surface area (Å²) in [5, 5.41) is 1.62. The second-order valence-corrected chi connectivity index (χ2v) is 7.86. The van der Waals surface area contributed by atoms with Gasteiger partial charge in [0.05, 0.1) is 13.2 Å². The standard InChI is InChI=1S/C15H17N3O4S2/c19-15(18-5-7-22-8-6-18)14-13(3-9-23-14)24(20,21)17-11-12-2-1-4-16-10-12/h1-4,9-10,17H,5-8,11H2. The van der Waals surface area contributed by atoms with Crippen molar-refractivity contribution in [1.82, 2.24) is 14.6 Å². The van der Waals surface area contributed by atoms with Crippen LogP contribution in [0.2, 0.25) is 0 Å². The first-order chi connectivity index (χ1) is 11.6. The first kappa shape index (κ1) is 17.0. The lowest BCUT2D eigenvalue weighted by Crippen LogP contribution is -2.41. The number of hydrogen-bond acceptors (Lipinski definition) is 6. The van der Waals surface area contributed by atoms with Crippen LogP contribution in [0.15, 0.2) is 40.9 Å². The summed E-state index contributed by atoms with van der Waals surface area (Å²) in [5.74, 6) is -0.268. The van der Waals surface area contributed by atoms with Crippen LogP contribution in [-0.4, -0.2) is 50.5 Å². The highest BCUT2D eigenvalue weighted by atomic mass is 32.2. The zero-order chi connectivity index (χ0) is 17.0. The van der Waals surface area contributed by atoms with Crippen LogP contribution in [0.1, 0.15) is 15.2 Å². The van der Waals surface area contributed by atoms with Gasteiger partial charge in [0.1, 0.15) is 9.77 Å². The highest BCUT2D eigenvalue weighted by Gasteiger charge is 2.27. The smallest absolute Gasteiger partial charge is 0.265 e. The third-order valence-electron chi connectivity index (χ3n) is 3.60. The van der Waals surface area contributed by atoms with Gasteiger partial charge in [-0.3, -0.25) is 9.78 Å². The van der Waals surface area contributed by atoms with E-state index in [0.717, 1.165) is 16.9 Å². The van der Waals surface area contributed by atoms with E-state index in [0.29, 0.717) is 26.3 Å². The van der Waals surface area contributed by atoms with Crippen molar-refractivity contribution >= 4 is 27.3 Å². The molecule has 3 rings (SSSR count). The Kier molecular flexibility index (Phi) is 5.24. The summed E-state index contributed by atoms with van der Waals surface area (Å²) in [4.78, 5) is 18.4. The molecule has 2 aromatic heterocycles. The van der Waals surface area contributed by atoms with Gasteiger partial charge >= 0.3 is 0 Å². The highest BCUT2D eigenvalue weighted by molar-refractivity contribution is 7.89. The molecule has 1 N–H and O–H groups in total. The Bertz CT molecular complexity index is 799. The summed E-state index contributed by atoms with van der Waals surface area (Å²) in [6, 6.07) is 4.98. The van der Waals surface area contributed by atoms with Crippen LogP contribution in [0, 0.1) is 0 Å². The minimum atomic E-state index is -3.78. The van der Waals surface area contributed by atoms with Gasteiger partial charge in [-0.05, 0) is 23.1 Å². The lowest BCUT2D eigenvalue weighted by Gasteiger charge is -2.26. The number of carbonyl (C=O) groups excluding carboxylic acids is 1. The summed E-state index contributed by atoms with van der Waals surface area (Å²) >= 11 is 1.14. The number of hydrogen-bond donors (Lipinski definition) is 1. The van der Waals surface area contributed by atoms with E-state index in [1.54, 1.807) is 34.8 Å². The molecule has 1 saturated heterocycles. The number of pyridine rings is 1. The Balaban J connectivity index is 1.76. The van der Waals surface area contributed by atoms with E-state index in [9.17, 15) is 13.2 Å². The maximum Gasteiger partial charge on any atom is 0.265 e. The number of rotatable bonds is 5. The molecule has 1 aliphatic heterocycles. The molecule has 1 amide bonds. The molecule has 0 saturated carbocycles. The number of morpholine rings is 1. The molecule has 2 aromatic rings. The van der Waals surface area contributed by atoms with Crippen molar-refractivity contribution in [2.24, 2.45) is 0 Å². The minimum Gasteiger partial charge on any atom is -0.378 e. The van der Waals surface area contributed by atoms with Crippen LogP contribution in [0.3, 0.4) is 0 Å². The molecule has 0 spiro atoms. The molecule has 0 aromatic carbocycles. The molecule has 7 nitrogen and oxygen atoms in total. The number of carbonyl (C=O) groups is 1. The van der Waals surface area contributed by atoms with E-state index in [4.69, 9.17) is 4.74 Å². The fourth-order valence-electron chi connectivity index (χ4n) is 2.33. The van der Waals surface area contributed by atoms with Crippen LogP contribution in [-0.2, 0) is 21.3 Å². The number of sulfonamides is 1. The first-order valence-electron chi connectivity index (χ1n) is 7.41. The van der Waals surface area contributed by atoms with Crippen molar-refractivity contribution in [2.75, 3.05) is 26.3 Å². The monoisotopic (exact) mass is 367 g/mol. The van der Waals surface area contributed by atoms with Gasteiger partial charge in [-0.25, -0.2) is 13.1 Å². The number of nitrogens with zero attached hydrogens (tertiary/aromatic N) is 2. The van der Waals surface area contributed by atoms with Crippen molar-refractivity contribution in [1.29, 1.82) is 0 Å². The maximum atomic E-state index is 12.6. The molecule has 9 heteroatoms. The zero-order valence-corrected chi connectivity index (χ0v) is 14.5. The second kappa shape index (κ2) is 7.39. The van der Waals surface area contributed by atoms with Crippen molar-refractivity contribution in [2.45, 2.75) is 11.4 Å². The molecule has 0 unspecified atom stereocenters. The van der Waals surface area contributed by atoms with Gasteiger partial charge < -0.3 is 9.64 Å². The summed E-state index contributed by atoms with van der Waals surface area (Å²) < 4.78 is 32.9. The van der Waals surface area contributed by atoms with Gasteiger partial charge in [-0.15, -0.1) is 11.3 Å². The van der Waals surface area contributed by atoms with Gasteiger partial charge in [0.25, 0.3) is 5.91 Å². The number of amides is 1. The van der Waals surface area contributed by atoms with Crippen molar-refractivity contribution in [3.8, 4) is 0 Å². The van der Waals surface area contributed by atoms with Gasteiger partial charge in [0, 0.05) is 32.0 Å². The predicted molar refractivity (Wildman–Crippen MR) is 89.3 cm³/mol. The Hall–Kier alpha value is -1.81. The Labute approximate surface area is 144 Å². The molecule has 1 aliphatic rings.